The molecule has 1 N–H and O–H groups in total. The molecule has 0 saturated carbocycles. The van der Waals surface area contributed by atoms with E-state index >= 15 is 0 Å². The number of benzene rings is 1. The van der Waals surface area contributed by atoms with E-state index in [9.17, 15) is 0 Å². The Bertz CT molecular complexity index is 442. The lowest BCUT2D eigenvalue weighted by atomic mass is 10.0. The van der Waals surface area contributed by atoms with Crippen molar-refractivity contribution in [1.29, 1.82) is 0 Å². The Morgan fingerprint density at radius 2 is 2.05 bits per heavy atom. The average Bonchev–Trinajstić information content (AvgIpc) is 2.52. The summed E-state index contributed by atoms with van der Waals surface area (Å²) in [4.78, 5) is 4.80. The van der Waals surface area contributed by atoms with Crippen molar-refractivity contribution in [2.45, 2.75) is 32.4 Å². The summed E-state index contributed by atoms with van der Waals surface area (Å²) in [6.45, 7) is 6.36. The van der Waals surface area contributed by atoms with Gasteiger partial charge in [-0.3, -0.25) is 0 Å². The van der Waals surface area contributed by atoms with Crippen LogP contribution in [0.1, 0.15) is 25.3 Å². The third kappa shape index (κ3) is 4.11. The number of hydrogen-bond acceptors (Lipinski definition) is 4. The van der Waals surface area contributed by atoms with Crippen LogP contribution in [0.3, 0.4) is 0 Å². The van der Waals surface area contributed by atoms with E-state index in [4.69, 9.17) is 4.74 Å². The summed E-state index contributed by atoms with van der Waals surface area (Å²) in [5, 5.41) is 3.36. The topological polar surface area (TPSA) is 27.7 Å². The fourth-order valence-corrected chi connectivity index (χ4v) is 2.97. The van der Waals surface area contributed by atoms with Crippen molar-refractivity contribution in [1.82, 2.24) is 10.2 Å². The quantitative estimate of drug-likeness (QED) is 0.870. The molecule has 4 nitrogen and oxygen atoms in total. The molecule has 1 aliphatic heterocycles. The summed E-state index contributed by atoms with van der Waals surface area (Å²) in [5.74, 6) is 0.979. The van der Waals surface area contributed by atoms with Gasteiger partial charge in [0.15, 0.2) is 0 Å². The molecular weight excluding hydrogens is 262 g/mol. The van der Waals surface area contributed by atoms with E-state index in [1.807, 2.05) is 0 Å². The molecule has 21 heavy (non-hydrogen) atoms. The van der Waals surface area contributed by atoms with Crippen LogP contribution < -0.4 is 15.0 Å². The largest absolute Gasteiger partial charge is 0.495 e. The zero-order chi connectivity index (χ0) is 15.2. The molecule has 0 aromatic heterocycles. The SMILES string of the molecule is CCNCc1ccc(N(C)C2CCN(C)CC2)c(OC)c1. The Balaban J connectivity index is 2.10. The van der Waals surface area contributed by atoms with Crippen LogP contribution in [0.5, 0.6) is 5.75 Å². The fourth-order valence-electron chi connectivity index (χ4n) is 2.97. The van der Waals surface area contributed by atoms with Crippen LogP contribution in [0.4, 0.5) is 5.69 Å². The first-order chi connectivity index (χ1) is 10.2. The van der Waals surface area contributed by atoms with Gasteiger partial charge in [-0.05, 0) is 57.2 Å². The lowest BCUT2D eigenvalue weighted by Gasteiger charge is -2.37. The monoisotopic (exact) mass is 291 g/mol. The third-order valence-electron chi connectivity index (χ3n) is 4.44. The van der Waals surface area contributed by atoms with E-state index in [1.54, 1.807) is 7.11 Å². The predicted molar refractivity (Wildman–Crippen MR) is 89.3 cm³/mol. The highest BCUT2D eigenvalue weighted by molar-refractivity contribution is 5.60. The third-order valence-corrected chi connectivity index (χ3v) is 4.44. The summed E-state index contributed by atoms with van der Waals surface area (Å²) in [6, 6.07) is 7.16. The van der Waals surface area contributed by atoms with E-state index in [0.717, 1.165) is 18.8 Å². The van der Waals surface area contributed by atoms with Gasteiger partial charge in [-0.15, -0.1) is 0 Å². The Labute approximate surface area is 129 Å². The summed E-state index contributed by atoms with van der Waals surface area (Å²) in [7, 11) is 6.16. The van der Waals surface area contributed by atoms with Gasteiger partial charge in [0.2, 0.25) is 0 Å². The second-order valence-electron chi connectivity index (χ2n) is 5.93. The second kappa shape index (κ2) is 7.66. The van der Waals surface area contributed by atoms with Gasteiger partial charge in [0.25, 0.3) is 0 Å². The molecule has 0 unspecified atom stereocenters. The number of hydrogen-bond donors (Lipinski definition) is 1. The van der Waals surface area contributed by atoms with Gasteiger partial charge in [0.05, 0.1) is 12.8 Å². The Hall–Kier alpha value is -1.26. The molecule has 0 atom stereocenters. The van der Waals surface area contributed by atoms with Crippen LogP contribution in [0, 0.1) is 0 Å². The van der Waals surface area contributed by atoms with Crippen molar-refractivity contribution in [3.63, 3.8) is 0 Å². The van der Waals surface area contributed by atoms with E-state index in [-0.39, 0.29) is 0 Å². The Morgan fingerprint density at radius 3 is 2.67 bits per heavy atom. The van der Waals surface area contributed by atoms with Gasteiger partial charge in [-0.2, -0.15) is 0 Å². The van der Waals surface area contributed by atoms with Crippen molar-refractivity contribution < 1.29 is 4.74 Å². The van der Waals surface area contributed by atoms with Crippen molar-refractivity contribution >= 4 is 5.69 Å². The number of piperidine rings is 1. The summed E-state index contributed by atoms with van der Waals surface area (Å²) in [5.41, 5.74) is 2.47. The Kier molecular flexibility index (Phi) is 5.88. The van der Waals surface area contributed by atoms with Gasteiger partial charge in [-0.1, -0.05) is 13.0 Å². The number of anilines is 1. The number of ether oxygens (including phenoxy) is 1. The molecule has 1 saturated heterocycles. The minimum absolute atomic E-state index is 0.606. The first kappa shape index (κ1) is 16.1. The second-order valence-corrected chi connectivity index (χ2v) is 5.93. The predicted octanol–water partition coefficient (Wildman–Crippen LogP) is 2.34. The van der Waals surface area contributed by atoms with E-state index in [0.29, 0.717) is 6.04 Å². The van der Waals surface area contributed by atoms with Crippen molar-refractivity contribution in [3.8, 4) is 5.75 Å². The number of rotatable bonds is 6. The van der Waals surface area contributed by atoms with Gasteiger partial charge in [0.1, 0.15) is 5.75 Å². The smallest absolute Gasteiger partial charge is 0.142 e. The van der Waals surface area contributed by atoms with E-state index in [1.165, 1.54) is 37.2 Å². The van der Waals surface area contributed by atoms with Crippen LogP contribution in [0.15, 0.2) is 18.2 Å². The zero-order valence-electron chi connectivity index (χ0n) is 13.9. The molecule has 2 rings (SSSR count). The molecule has 1 aliphatic rings. The molecule has 1 aromatic rings. The van der Waals surface area contributed by atoms with Crippen LogP contribution in [0.2, 0.25) is 0 Å². The molecule has 0 amide bonds. The van der Waals surface area contributed by atoms with Gasteiger partial charge in [0, 0.05) is 19.6 Å². The summed E-state index contributed by atoms with van der Waals surface area (Å²) >= 11 is 0. The van der Waals surface area contributed by atoms with Crippen LogP contribution in [-0.2, 0) is 6.54 Å². The Morgan fingerprint density at radius 1 is 1.33 bits per heavy atom. The fraction of sp³-hybridized carbons (Fsp3) is 0.647. The van der Waals surface area contributed by atoms with E-state index in [2.05, 4.69) is 54.3 Å². The van der Waals surface area contributed by atoms with Crippen LogP contribution >= 0.6 is 0 Å². The molecule has 0 radical (unpaired) electrons. The molecular formula is C17H29N3O. The molecule has 1 fully saturated rings. The minimum Gasteiger partial charge on any atom is -0.495 e. The highest BCUT2D eigenvalue weighted by atomic mass is 16.5. The molecule has 4 heteroatoms. The van der Waals surface area contributed by atoms with Crippen LogP contribution in [0.25, 0.3) is 0 Å². The first-order valence-corrected chi connectivity index (χ1v) is 7.94. The van der Waals surface area contributed by atoms with Crippen molar-refractivity contribution in [3.05, 3.63) is 23.8 Å². The average molecular weight is 291 g/mol. The van der Waals surface area contributed by atoms with Gasteiger partial charge < -0.3 is 19.9 Å². The maximum atomic E-state index is 5.62. The highest BCUT2D eigenvalue weighted by Crippen LogP contribution is 2.31. The normalized spacial score (nSPS) is 17.0. The maximum absolute atomic E-state index is 5.62. The van der Waals surface area contributed by atoms with Gasteiger partial charge >= 0.3 is 0 Å². The number of nitrogens with one attached hydrogen (secondary N) is 1. The highest BCUT2D eigenvalue weighted by Gasteiger charge is 2.22. The summed E-state index contributed by atoms with van der Waals surface area (Å²) < 4.78 is 5.62. The molecule has 1 aromatic carbocycles. The number of nitrogens with zero attached hydrogens (tertiary/aromatic N) is 2. The standard InChI is InChI=1S/C17H29N3O/c1-5-18-13-14-6-7-16(17(12-14)21-4)20(3)15-8-10-19(2)11-9-15/h6-7,12,15,18H,5,8-11,13H2,1-4H3. The molecule has 0 bridgehead atoms. The summed E-state index contributed by atoms with van der Waals surface area (Å²) in [6.07, 6.45) is 2.44. The van der Waals surface area contributed by atoms with E-state index < -0.39 is 0 Å². The molecule has 0 spiro atoms. The van der Waals surface area contributed by atoms with Crippen molar-refractivity contribution in [2.75, 3.05) is 45.7 Å². The molecule has 118 valence electrons. The molecule has 1 heterocycles. The first-order valence-electron chi connectivity index (χ1n) is 7.94. The molecule has 0 aliphatic carbocycles. The minimum atomic E-state index is 0.606. The zero-order valence-corrected chi connectivity index (χ0v) is 13.9. The maximum Gasteiger partial charge on any atom is 0.142 e. The lowest BCUT2D eigenvalue weighted by Crippen LogP contribution is -2.42. The van der Waals surface area contributed by atoms with Crippen LogP contribution in [-0.4, -0.2) is 51.8 Å². The van der Waals surface area contributed by atoms with Gasteiger partial charge in [-0.25, -0.2) is 0 Å². The number of methoxy groups -OCH3 is 1. The number of likely N-dealkylation sites (tertiary alicyclic amines) is 1. The lowest BCUT2D eigenvalue weighted by molar-refractivity contribution is 0.252. The van der Waals surface area contributed by atoms with Crippen molar-refractivity contribution in [2.24, 2.45) is 0 Å².